The van der Waals surface area contributed by atoms with Gasteiger partial charge >= 0.3 is 6.03 Å². The predicted molar refractivity (Wildman–Crippen MR) is 80.3 cm³/mol. The molecule has 0 saturated carbocycles. The maximum atomic E-state index is 11.9. The molecule has 1 aliphatic rings. The van der Waals surface area contributed by atoms with Crippen molar-refractivity contribution in [1.82, 2.24) is 15.3 Å². The Morgan fingerprint density at radius 3 is 2.35 bits per heavy atom. The molecule has 2 amide bonds. The summed E-state index contributed by atoms with van der Waals surface area (Å²) in [7, 11) is 2.08. The van der Waals surface area contributed by atoms with Gasteiger partial charge in [-0.25, -0.2) is 9.80 Å². The Bertz CT molecular complexity index is 437. The molecular weight excluding hydrogens is 254 g/mol. The average molecular weight is 277 g/mol. The van der Waals surface area contributed by atoms with Crippen LogP contribution in [-0.2, 0) is 0 Å². The molecule has 1 unspecified atom stereocenters. The van der Waals surface area contributed by atoms with Crippen LogP contribution < -0.4 is 16.5 Å². The second-order valence-electron chi connectivity index (χ2n) is 5.27. The molecule has 0 aromatic heterocycles. The number of urea groups is 1. The van der Waals surface area contributed by atoms with E-state index in [1.807, 2.05) is 36.2 Å². The van der Waals surface area contributed by atoms with E-state index in [0.717, 1.165) is 37.4 Å². The zero-order valence-corrected chi connectivity index (χ0v) is 12.1. The molecule has 1 saturated heterocycles. The van der Waals surface area contributed by atoms with Crippen LogP contribution in [0.25, 0.3) is 0 Å². The third-order valence-electron chi connectivity index (χ3n) is 3.46. The predicted octanol–water partition coefficient (Wildman–Crippen LogP) is 0.990. The molecule has 20 heavy (non-hydrogen) atoms. The van der Waals surface area contributed by atoms with Crippen LogP contribution in [0.2, 0.25) is 0 Å². The number of anilines is 1. The van der Waals surface area contributed by atoms with Gasteiger partial charge in [0.15, 0.2) is 0 Å². The van der Waals surface area contributed by atoms with E-state index >= 15 is 0 Å². The van der Waals surface area contributed by atoms with Crippen molar-refractivity contribution >= 4 is 11.7 Å². The number of likely N-dealkylation sites (N-methyl/N-ethyl adjacent to an activating group) is 1. The van der Waals surface area contributed by atoms with Crippen LogP contribution in [0.5, 0.6) is 0 Å². The minimum absolute atomic E-state index is 0.00298. The van der Waals surface area contributed by atoms with Crippen molar-refractivity contribution in [2.24, 2.45) is 5.73 Å². The third-order valence-corrected chi connectivity index (χ3v) is 3.46. The summed E-state index contributed by atoms with van der Waals surface area (Å²) >= 11 is 0. The van der Waals surface area contributed by atoms with Gasteiger partial charge in [0.1, 0.15) is 0 Å². The lowest BCUT2D eigenvalue weighted by molar-refractivity contribution is 0.116. The Hall–Kier alpha value is -1.63. The van der Waals surface area contributed by atoms with E-state index in [2.05, 4.69) is 22.7 Å². The topological polar surface area (TPSA) is 73.6 Å². The van der Waals surface area contributed by atoms with Crippen LogP contribution in [-0.4, -0.2) is 49.2 Å². The summed E-state index contributed by atoms with van der Waals surface area (Å²) in [5, 5.41) is 4.76. The highest BCUT2D eigenvalue weighted by molar-refractivity contribution is 5.88. The first kappa shape index (κ1) is 14.8. The van der Waals surface area contributed by atoms with Crippen molar-refractivity contribution in [3.63, 3.8) is 0 Å². The summed E-state index contributed by atoms with van der Waals surface area (Å²) in [6, 6.07) is 7.38. The van der Waals surface area contributed by atoms with Gasteiger partial charge in [-0.1, -0.05) is 12.1 Å². The number of carbonyl (C=O) groups is 1. The summed E-state index contributed by atoms with van der Waals surface area (Å²) in [6.45, 7) is 5.54. The number of rotatable bonds is 3. The number of nitrogens with two attached hydrogens (primary N) is 1. The first-order chi connectivity index (χ1) is 9.54. The maximum absolute atomic E-state index is 11.9. The minimum Gasteiger partial charge on any atom is -0.324 e. The molecule has 0 radical (unpaired) electrons. The van der Waals surface area contributed by atoms with Crippen molar-refractivity contribution in [2.75, 3.05) is 38.5 Å². The quantitative estimate of drug-likeness (QED) is 0.770. The Morgan fingerprint density at radius 2 is 1.80 bits per heavy atom. The van der Waals surface area contributed by atoms with Crippen LogP contribution in [0.1, 0.15) is 18.5 Å². The molecule has 1 aromatic rings. The molecule has 1 atom stereocenters. The number of amides is 2. The Kier molecular flexibility index (Phi) is 4.94. The van der Waals surface area contributed by atoms with E-state index in [0.29, 0.717) is 0 Å². The summed E-state index contributed by atoms with van der Waals surface area (Å²) in [6.07, 6.45) is 0. The van der Waals surface area contributed by atoms with Gasteiger partial charge in [-0.3, -0.25) is 5.43 Å². The molecule has 110 valence electrons. The SMILES string of the molecule is CC(N)c1ccc(NC(=O)NN2CCN(C)CC2)cc1. The van der Waals surface area contributed by atoms with Crippen LogP contribution in [0.4, 0.5) is 10.5 Å². The number of benzene rings is 1. The van der Waals surface area contributed by atoms with E-state index in [1.54, 1.807) is 0 Å². The summed E-state index contributed by atoms with van der Waals surface area (Å²) < 4.78 is 0. The summed E-state index contributed by atoms with van der Waals surface area (Å²) in [4.78, 5) is 14.1. The lowest BCUT2D eigenvalue weighted by Crippen LogP contribution is -2.53. The average Bonchev–Trinajstić information content (AvgIpc) is 2.42. The van der Waals surface area contributed by atoms with Crippen molar-refractivity contribution in [2.45, 2.75) is 13.0 Å². The number of carbonyl (C=O) groups excluding carboxylic acids is 1. The standard InChI is InChI=1S/C14H23N5O/c1-11(15)12-3-5-13(6-4-12)16-14(20)17-19-9-7-18(2)8-10-19/h3-6,11H,7-10,15H2,1-2H3,(H2,16,17,20). The lowest BCUT2D eigenvalue weighted by atomic mass is 10.1. The first-order valence-electron chi connectivity index (χ1n) is 6.91. The molecule has 1 aromatic carbocycles. The molecule has 0 bridgehead atoms. The van der Waals surface area contributed by atoms with Crippen molar-refractivity contribution < 1.29 is 4.79 Å². The molecule has 6 nitrogen and oxygen atoms in total. The largest absolute Gasteiger partial charge is 0.333 e. The summed E-state index contributed by atoms with van der Waals surface area (Å²) in [5.74, 6) is 0. The zero-order valence-electron chi connectivity index (χ0n) is 12.1. The number of nitrogens with one attached hydrogen (secondary N) is 2. The fourth-order valence-corrected chi connectivity index (χ4v) is 2.09. The van der Waals surface area contributed by atoms with E-state index in [-0.39, 0.29) is 12.1 Å². The Balaban J connectivity index is 1.82. The fourth-order valence-electron chi connectivity index (χ4n) is 2.09. The smallest absolute Gasteiger partial charge is 0.324 e. The van der Waals surface area contributed by atoms with Crippen LogP contribution in [0.15, 0.2) is 24.3 Å². The molecule has 4 N–H and O–H groups in total. The highest BCUT2D eigenvalue weighted by Gasteiger charge is 2.15. The second-order valence-corrected chi connectivity index (χ2v) is 5.27. The molecule has 1 heterocycles. The van der Waals surface area contributed by atoms with Crippen LogP contribution in [0.3, 0.4) is 0 Å². The molecular formula is C14H23N5O. The highest BCUT2D eigenvalue weighted by atomic mass is 16.2. The third kappa shape index (κ3) is 4.19. The van der Waals surface area contributed by atoms with Crippen LogP contribution in [0, 0.1) is 0 Å². The van der Waals surface area contributed by atoms with Crippen molar-refractivity contribution in [3.05, 3.63) is 29.8 Å². The molecule has 1 fully saturated rings. The van der Waals surface area contributed by atoms with Gasteiger partial charge in [0.2, 0.25) is 0 Å². The Labute approximate surface area is 119 Å². The highest BCUT2D eigenvalue weighted by Crippen LogP contribution is 2.14. The van der Waals surface area contributed by atoms with Gasteiger partial charge in [0.25, 0.3) is 0 Å². The normalized spacial score (nSPS) is 18.6. The van der Waals surface area contributed by atoms with Crippen molar-refractivity contribution in [1.29, 1.82) is 0 Å². The van der Waals surface area contributed by atoms with E-state index in [9.17, 15) is 4.79 Å². The number of nitrogens with zero attached hydrogens (tertiary/aromatic N) is 2. The number of hydrazine groups is 1. The monoisotopic (exact) mass is 277 g/mol. The van der Waals surface area contributed by atoms with E-state index in [1.165, 1.54) is 0 Å². The number of piperazine rings is 1. The molecule has 2 rings (SSSR count). The number of hydrogen-bond acceptors (Lipinski definition) is 4. The van der Waals surface area contributed by atoms with Crippen LogP contribution >= 0.6 is 0 Å². The molecule has 0 spiro atoms. The maximum Gasteiger partial charge on any atom is 0.333 e. The van der Waals surface area contributed by atoms with E-state index in [4.69, 9.17) is 5.73 Å². The van der Waals surface area contributed by atoms with Gasteiger partial charge in [-0.2, -0.15) is 0 Å². The second kappa shape index (κ2) is 6.69. The Morgan fingerprint density at radius 1 is 1.20 bits per heavy atom. The minimum atomic E-state index is -0.205. The van der Waals surface area contributed by atoms with Gasteiger partial charge in [-0.05, 0) is 31.7 Å². The fraction of sp³-hybridized carbons (Fsp3) is 0.500. The molecule has 0 aliphatic carbocycles. The summed E-state index contributed by atoms with van der Waals surface area (Å²) in [5.41, 5.74) is 10.5. The zero-order chi connectivity index (χ0) is 14.5. The van der Waals surface area contributed by atoms with Crippen molar-refractivity contribution in [3.8, 4) is 0 Å². The number of hydrogen-bond donors (Lipinski definition) is 3. The van der Waals surface area contributed by atoms with E-state index < -0.39 is 0 Å². The lowest BCUT2D eigenvalue weighted by Gasteiger charge is -2.32. The first-order valence-corrected chi connectivity index (χ1v) is 6.91. The van der Waals surface area contributed by atoms with Gasteiger partial charge < -0.3 is 16.0 Å². The molecule has 6 heteroatoms. The molecule has 1 aliphatic heterocycles. The van der Waals surface area contributed by atoms with Gasteiger partial charge in [-0.15, -0.1) is 0 Å². The van der Waals surface area contributed by atoms with Gasteiger partial charge in [0, 0.05) is 37.9 Å². The van der Waals surface area contributed by atoms with Gasteiger partial charge in [0.05, 0.1) is 0 Å².